The van der Waals surface area contributed by atoms with Crippen molar-refractivity contribution in [2.45, 2.75) is 24.7 Å². The Balaban J connectivity index is 2.07. The van der Waals surface area contributed by atoms with Crippen LogP contribution < -0.4 is 5.32 Å². The van der Waals surface area contributed by atoms with Gasteiger partial charge in [-0.25, -0.2) is 0 Å². The van der Waals surface area contributed by atoms with Crippen LogP contribution >= 0.6 is 11.6 Å². The molecular formula is C11H12ClNO2. The number of halogens is 1. The largest absolute Gasteiger partial charge is 0.389 e. The number of ether oxygens (including phenoxy) is 1. The Kier molecular flexibility index (Phi) is 2.12. The molecule has 0 aromatic heterocycles. The van der Waals surface area contributed by atoms with Crippen LogP contribution in [0.2, 0.25) is 5.02 Å². The fourth-order valence-corrected chi connectivity index (χ4v) is 2.54. The van der Waals surface area contributed by atoms with Gasteiger partial charge in [0.15, 0.2) is 0 Å². The highest BCUT2D eigenvalue weighted by molar-refractivity contribution is 6.33. The Morgan fingerprint density at radius 1 is 1.47 bits per heavy atom. The standard InChI is InChI=1S/C11H12ClNO2/c12-7-3-1-2-6-10-4-8(13-11(6)7)9(14)5-15-10/h1-3,8-10,13-14H,4-5H2/t8-,9+,10-/m0/s1. The van der Waals surface area contributed by atoms with Crippen molar-refractivity contribution in [1.82, 2.24) is 0 Å². The summed E-state index contributed by atoms with van der Waals surface area (Å²) in [4.78, 5) is 0. The average molecular weight is 226 g/mol. The minimum absolute atomic E-state index is 0.0659. The number of hydrogen-bond acceptors (Lipinski definition) is 3. The minimum atomic E-state index is -0.439. The van der Waals surface area contributed by atoms with Crippen LogP contribution in [0.25, 0.3) is 0 Å². The van der Waals surface area contributed by atoms with Crippen molar-refractivity contribution in [2.24, 2.45) is 0 Å². The van der Waals surface area contributed by atoms with E-state index in [1.807, 2.05) is 18.2 Å². The van der Waals surface area contributed by atoms with Crippen LogP contribution in [0.4, 0.5) is 5.69 Å². The van der Waals surface area contributed by atoms with Gasteiger partial charge in [0.1, 0.15) is 0 Å². The highest BCUT2D eigenvalue weighted by Crippen LogP contribution is 2.42. The Hall–Kier alpha value is -0.770. The number of hydrogen-bond donors (Lipinski definition) is 2. The molecule has 1 aromatic rings. The number of rotatable bonds is 0. The summed E-state index contributed by atoms with van der Waals surface area (Å²) in [6.45, 7) is 0.397. The molecule has 0 saturated carbocycles. The second-order valence-electron chi connectivity index (χ2n) is 4.08. The van der Waals surface area contributed by atoms with Gasteiger partial charge in [0, 0.05) is 12.0 Å². The Bertz CT molecular complexity index is 396. The molecule has 0 unspecified atom stereocenters. The molecule has 1 saturated heterocycles. The summed E-state index contributed by atoms with van der Waals surface area (Å²) in [6.07, 6.45) is 0.452. The van der Waals surface area contributed by atoms with Crippen molar-refractivity contribution in [3.05, 3.63) is 28.8 Å². The third-order valence-corrected chi connectivity index (χ3v) is 3.44. The number of fused-ring (bicyclic) bond motifs is 4. The van der Waals surface area contributed by atoms with Crippen LogP contribution in [0.5, 0.6) is 0 Å². The first-order valence-corrected chi connectivity index (χ1v) is 5.48. The second kappa shape index (κ2) is 3.37. The summed E-state index contributed by atoms with van der Waals surface area (Å²) in [6, 6.07) is 5.86. The van der Waals surface area contributed by atoms with Gasteiger partial charge in [-0.2, -0.15) is 0 Å². The SMILES string of the molecule is O[C@@H]1CO[C@H]2C[C@@H]1Nc1c(Cl)cccc12. The molecule has 4 heteroatoms. The van der Waals surface area contributed by atoms with Gasteiger partial charge in [-0.3, -0.25) is 0 Å². The molecule has 0 radical (unpaired) electrons. The third-order valence-electron chi connectivity index (χ3n) is 3.12. The van der Waals surface area contributed by atoms with Crippen molar-refractivity contribution in [3.63, 3.8) is 0 Å². The van der Waals surface area contributed by atoms with Gasteiger partial charge in [0.2, 0.25) is 0 Å². The van der Waals surface area contributed by atoms with Gasteiger partial charge in [-0.15, -0.1) is 0 Å². The van der Waals surface area contributed by atoms with Crippen LogP contribution in [0.15, 0.2) is 18.2 Å². The molecule has 1 aromatic carbocycles. The van der Waals surface area contributed by atoms with Crippen molar-refractivity contribution in [1.29, 1.82) is 0 Å². The average Bonchev–Trinajstić information content (AvgIpc) is 2.25. The molecule has 3 rings (SSSR count). The first-order chi connectivity index (χ1) is 7.25. The van der Waals surface area contributed by atoms with Crippen molar-refractivity contribution >= 4 is 17.3 Å². The summed E-state index contributed by atoms with van der Waals surface area (Å²) in [5.41, 5.74) is 2.02. The van der Waals surface area contributed by atoms with E-state index in [0.29, 0.717) is 11.6 Å². The van der Waals surface area contributed by atoms with Crippen molar-refractivity contribution in [2.75, 3.05) is 11.9 Å². The molecular weight excluding hydrogens is 214 g/mol. The molecule has 3 nitrogen and oxygen atoms in total. The molecule has 0 amide bonds. The molecule has 2 aliphatic rings. The van der Waals surface area contributed by atoms with Crippen LogP contribution in [-0.2, 0) is 4.74 Å². The van der Waals surface area contributed by atoms with E-state index in [1.165, 1.54) is 0 Å². The lowest BCUT2D eigenvalue weighted by Gasteiger charge is -2.40. The molecule has 0 spiro atoms. The quantitative estimate of drug-likeness (QED) is 0.709. The summed E-state index contributed by atoms with van der Waals surface area (Å²) in [5, 5.41) is 13.7. The summed E-state index contributed by atoms with van der Waals surface area (Å²) < 4.78 is 5.59. The Morgan fingerprint density at radius 3 is 3.20 bits per heavy atom. The predicted molar refractivity (Wildman–Crippen MR) is 58.2 cm³/mol. The van der Waals surface area contributed by atoms with Gasteiger partial charge < -0.3 is 15.2 Å². The van der Waals surface area contributed by atoms with Crippen molar-refractivity contribution in [3.8, 4) is 0 Å². The fraction of sp³-hybridized carbons (Fsp3) is 0.455. The van der Waals surface area contributed by atoms with Gasteiger partial charge in [-0.05, 0) is 6.07 Å². The van der Waals surface area contributed by atoms with E-state index in [0.717, 1.165) is 17.7 Å². The Morgan fingerprint density at radius 2 is 2.33 bits per heavy atom. The lowest BCUT2D eigenvalue weighted by molar-refractivity contribution is -0.0672. The third kappa shape index (κ3) is 1.42. The molecule has 80 valence electrons. The molecule has 2 N–H and O–H groups in total. The zero-order chi connectivity index (χ0) is 10.4. The zero-order valence-corrected chi connectivity index (χ0v) is 8.87. The summed E-state index contributed by atoms with van der Waals surface area (Å²) in [7, 11) is 0. The molecule has 0 aliphatic carbocycles. The summed E-state index contributed by atoms with van der Waals surface area (Å²) in [5.74, 6) is 0. The van der Waals surface area contributed by atoms with E-state index in [4.69, 9.17) is 16.3 Å². The molecule has 2 bridgehead atoms. The van der Waals surface area contributed by atoms with Gasteiger partial charge in [0.25, 0.3) is 0 Å². The van der Waals surface area contributed by atoms with Crippen LogP contribution in [0.3, 0.4) is 0 Å². The number of aliphatic hydroxyl groups is 1. The van der Waals surface area contributed by atoms with E-state index in [9.17, 15) is 5.11 Å². The molecule has 1 fully saturated rings. The van der Waals surface area contributed by atoms with Crippen molar-refractivity contribution < 1.29 is 9.84 Å². The maximum Gasteiger partial charge on any atom is 0.0975 e. The Labute approximate surface area is 93.0 Å². The molecule has 3 atom stereocenters. The van der Waals surface area contributed by atoms with Gasteiger partial charge in [-0.1, -0.05) is 23.7 Å². The highest BCUT2D eigenvalue weighted by Gasteiger charge is 2.36. The number of benzene rings is 1. The van der Waals surface area contributed by atoms with E-state index < -0.39 is 6.10 Å². The molecule has 2 aliphatic heterocycles. The number of aliphatic hydroxyl groups excluding tert-OH is 1. The lowest BCUT2D eigenvalue weighted by atomic mass is 9.90. The fourth-order valence-electron chi connectivity index (χ4n) is 2.31. The van der Waals surface area contributed by atoms with E-state index in [2.05, 4.69) is 5.32 Å². The number of nitrogens with one attached hydrogen (secondary N) is 1. The highest BCUT2D eigenvalue weighted by atomic mass is 35.5. The molecule has 15 heavy (non-hydrogen) atoms. The monoisotopic (exact) mass is 225 g/mol. The maximum absolute atomic E-state index is 9.71. The maximum atomic E-state index is 9.71. The number of para-hydroxylation sites is 1. The van der Waals surface area contributed by atoms with Gasteiger partial charge >= 0.3 is 0 Å². The first kappa shape index (κ1) is 9.46. The molecule has 2 heterocycles. The lowest BCUT2D eigenvalue weighted by Crippen LogP contribution is -2.46. The smallest absolute Gasteiger partial charge is 0.0975 e. The predicted octanol–water partition coefficient (Wildman–Crippen LogP) is 1.96. The first-order valence-electron chi connectivity index (χ1n) is 5.10. The van der Waals surface area contributed by atoms with Crippen LogP contribution in [0.1, 0.15) is 18.1 Å². The second-order valence-corrected chi connectivity index (χ2v) is 4.49. The van der Waals surface area contributed by atoms with E-state index in [-0.39, 0.29) is 12.1 Å². The van der Waals surface area contributed by atoms with Crippen LogP contribution in [-0.4, -0.2) is 23.9 Å². The summed E-state index contributed by atoms with van der Waals surface area (Å²) >= 11 is 6.10. The zero-order valence-electron chi connectivity index (χ0n) is 8.11. The van der Waals surface area contributed by atoms with Crippen LogP contribution in [0, 0.1) is 0 Å². The van der Waals surface area contributed by atoms with Gasteiger partial charge in [0.05, 0.1) is 35.6 Å². The normalized spacial score (nSPS) is 33.1. The van der Waals surface area contributed by atoms with E-state index >= 15 is 0 Å². The van der Waals surface area contributed by atoms with E-state index in [1.54, 1.807) is 0 Å². The topological polar surface area (TPSA) is 41.5 Å². The minimum Gasteiger partial charge on any atom is -0.389 e. The number of anilines is 1.